The summed E-state index contributed by atoms with van der Waals surface area (Å²) in [6.45, 7) is 5.92. The zero-order valence-electron chi connectivity index (χ0n) is 18.7. The van der Waals surface area contributed by atoms with Gasteiger partial charge in [-0.25, -0.2) is 0 Å². The minimum Gasteiger partial charge on any atom is -0.508 e. The molecule has 33 heavy (non-hydrogen) atoms. The standard InChI is InChI=1S/C28H26O3S2/c1-17-14-20(6-11-24(17)29)28(3,21-7-12-26(31)27(32)16-21)19-4-8-22(9-5-19)33-23-10-13-25(30)18(2)15-23/h4-16,29-32H,1-3H3. The third kappa shape index (κ3) is 4.56. The molecule has 0 fully saturated rings. The lowest BCUT2D eigenvalue weighted by molar-refractivity contribution is 0.461. The number of aryl methyl sites for hydroxylation is 2. The lowest BCUT2D eigenvalue weighted by Crippen LogP contribution is -2.25. The Hall–Kier alpha value is -3.02. The summed E-state index contributed by atoms with van der Waals surface area (Å²) >= 11 is 6.08. The minimum absolute atomic E-state index is 0.141. The van der Waals surface area contributed by atoms with Gasteiger partial charge in [0.15, 0.2) is 0 Å². The molecule has 0 spiro atoms. The van der Waals surface area contributed by atoms with E-state index in [0.717, 1.165) is 37.6 Å². The van der Waals surface area contributed by atoms with E-state index in [1.807, 2.05) is 50.2 Å². The number of thiol groups is 1. The topological polar surface area (TPSA) is 60.7 Å². The molecule has 0 aliphatic rings. The van der Waals surface area contributed by atoms with Crippen LogP contribution in [0.1, 0.15) is 34.7 Å². The lowest BCUT2D eigenvalue weighted by Gasteiger charge is -2.32. The molecule has 4 aromatic carbocycles. The molecule has 1 unspecified atom stereocenters. The largest absolute Gasteiger partial charge is 0.508 e. The van der Waals surface area contributed by atoms with Gasteiger partial charge in [-0.1, -0.05) is 42.1 Å². The SMILES string of the molecule is Cc1cc(Sc2ccc(C(C)(c3ccc(O)c(C)c3)c3ccc(O)c(S)c3)cc2)ccc1O. The summed E-state index contributed by atoms with van der Waals surface area (Å²) in [6.07, 6.45) is 0. The van der Waals surface area contributed by atoms with Gasteiger partial charge >= 0.3 is 0 Å². The highest BCUT2D eigenvalue weighted by Gasteiger charge is 2.32. The molecule has 0 heterocycles. The van der Waals surface area contributed by atoms with Gasteiger partial charge in [0.05, 0.1) is 0 Å². The first-order chi connectivity index (χ1) is 15.7. The fourth-order valence-corrected chi connectivity index (χ4v) is 5.11. The monoisotopic (exact) mass is 474 g/mol. The molecular weight excluding hydrogens is 448 g/mol. The van der Waals surface area contributed by atoms with Crippen molar-refractivity contribution in [1.29, 1.82) is 0 Å². The Balaban J connectivity index is 1.77. The quantitative estimate of drug-likeness (QED) is 0.182. The zero-order chi connectivity index (χ0) is 23.8. The number of aromatic hydroxyl groups is 3. The molecule has 0 amide bonds. The molecule has 168 valence electrons. The van der Waals surface area contributed by atoms with Crippen LogP contribution in [-0.2, 0) is 5.41 Å². The third-order valence-electron chi connectivity index (χ3n) is 6.16. The van der Waals surface area contributed by atoms with Crippen LogP contribution in [0.2, 0.25) is 0 Å². The van der Waals surface area contributed by atoms with E-state index in [1.54, 1.807) is 30.0 Å². The second-order valence-corrected chi connectivity index (χ2v) is 10.0. The highest BCUT2D eigenvalue weighted by molar-refractivity contribution is 7.99. The number of phenols is 3. The maximum Gasteiger partial charge on any atom is 0.128 e. The zero-order valence-corrected chi connectivity index (χ0v) is 20.4. The fraction of sp³-hybridized carbons (Fsp3) is 0.143. The van der Waals surface area contributed by atoms with Crippen LogP contribution in [0.15, 0.2) is 93.5 Å². The van der Waals surface area contributed by atoms with E-state index in [0.29, 0.717) is 10.6 Å². The predicted octanol–water partition coefficient (Wildman–Crippen LogP) is 7.21. The van der Waals surface area contributed by atoms with Crippen LogP contribution in [0.25, 0.3) is 0 Å². The fourth-order valence-electron chi connectivity index (χ4n) is 3.98. The van der Waals surface area contributed by atoms with Crippen LogP contribution >= 0.6 is 24.4 Å². The predicted molar refractivity (Wildman–Crippen MR) is 137 cm³/mol. The van der Waals surface area contributed by atoms with Crippen molar-refractivity contribution in [2.75, 3.05) is 0 Å². The second-order valence-electron chi connectivity index (χ2n) is 8.40. The number of hydrogen-bond acceptors (Lipinski definition) is 5. The molecule has 0 saturated heterocycles. The van der Waals surface area contributed by atoms with Crippen molar-refractivity contribution in [3.8, 4) is 17.2 Å². The first-order valence-corrected chi connectivity index (χ1v) is 11.9. The first kappa shape index (κ1) is 23.1. The highest BCUT2D eigenvalue weighted by Crippen LogP contribution is 2.42. The summed E-state index contributed by atoms with van der Waals surface area (Å²) in [5.74, 6) is 0.701. The lowest BCUT2D eigenvalue weighted by atomic mass is 9.71. The molecular formula is C28H26O3S2. The van der Waals surface area contributed by atoms with E-state index in [-0.39, 0.29) is 11.5 Å². The van der Waals surface area contributed by atoms with Crippen LogP contribution in [0.5, 0.6) is 17.2 Å². The number of hydrogen-bond donors (Lipinski definition) is 4. The van der Waals surface area contributed by atoms with Crippen molar-refractivity contribution in [1.82, 2.24) is 0 Å². The van der Waals surface area contributed by atoms with Crippen LogP contribution in [-0.4, -0.2) is 15.3 Å². The number of phenolic OH excluding ortho intramolecular Hbond substituents is 3. The van der Waals surface area contributed by atoms with E-state index in [1.165, 1.54) is 0 Å². The molecule has 5 heteroatoms. The minimum atomic E-state index is -0.526. The Kier molecular flexibility index (Phi) is 6.37. The van der Waals surface area contributed by atoms with Gasteiger partial charge in [-0.15, -0.1) is 12.6 Å². The van der Waals surface area contributed by atoms with Gasteiger partial charge in [0.2, 0.25) is 0 Å². The molecule has 0 bridgehead atoms. The highest BCUT2D eigenvalue weighted by atomic mass is 32.2. The van der Waals surface area contributed by atoms with Crippen LogP contribution < -0.4 is 0 Å². The Morgan fingerprint density at radius 3 is 1.67 bits per heavy atom. The molecule has 0 radical (unpaired) electrons. The number of benzene rings is 4. The van der Waals surface area contributed by atoms with Gasteiger partial charge in [0, 0.05) is 20.1 Å². The van der Waals surface area contributed by atoms with Gasteiger partial charge < -0.3 is 15.3 Å². The van der Waals surface area contributed by atoms with E-state index < -0.39 is 5.41 Å². The second kappa shape index (κ2) is 9.08. The van der Waals surface area contributed by atoms with Gasteiger partial charge in [-0.05, 0) is 97.1 Å². The van der Waals surface area contributed by atoms with Gasteiger partial charge in [-0.2, -0.15) is 0 Å². The van der Waals surface area contributed by atoms with Crippen molar-refractivity contribution >= 4 is 24.4 Å². The van der Waals surface area contributed by atoms with Crippen molar-refractivity contribution in [3.05, 3.63) is 107 Å². The summed E-state index contributed by atoms with van der Waals surface area (Å²) in [5.41, 5.74) is 4.23. The molecule has 4 aromatic rings. The maximum absolute atomic E-state index is 10.1. The van der Waals surface area contributed by atoms with Gasteiger partial charge in [0.25, 0.3) is 0 Å². The van der Waals surface area contributed by atoms with Crippen molar-refractivity contribution in [3.63, 3.8) is 0 Å². The Morgan fingerprint density at radius 1 is 0.606 bits per heavy atom. The van der Waals surface area contributed by atoms with Crippen LogP contribution in [0.4, 0.5) is 0 Å². The third-order valence-corrected chi connectivity index (χ3v) is 7.52. The first-order valence-electron chi connectivity index (χ1n) is 10.6. The van der Waals surface area contributed by atoms with Crippen molar-refractivity contribution in [2.24, 2.45) is 0 Å². The Labute approximate surface area is 204 Å². The summed E-state index contributed by atoms with van der Waals surface area (Å²) in [7, 11) is 0. The summed E-state index contributed by atoms with van der Waals surface area (Å²) < 4.78 is 0. The van der Waals surface area contributed by atoms with E-state index in [9.17, 15) is 15.3 Å². The Bertz CT molecular complexity index is 1260. The van der Waals surface area contributed by atoms with Gasteiger partial charge in [0.1, 0.15) is 17.2 Å². The molecule has 3 nitrogen and oxygen atoms in total. The summed E-state index contributed by atoms with van der Waals surface area (Å²) in [6, 6.07) is 25.2. The molecule has 4 rings (SSSR count). The molecule has 1 atom stereocenters. The Morgan fingerprint density at radius 2 is 1.09 bits per heavy atom. The summed E-state index contributed by atoms with van der Waals surface area (Å²) in [4.78, 5) is 2.67. The molecule has 3 N–H and O–H groups in total. The van der Waals surface area contributed by atoms with E-state index in [2.05, 4.69) is 43.8 Å². The normalized spacial score (nSPS) is 13.0. The van der Waals surface area contributed by atoms with Crippen molar-refractivity contribution < 1.29 is 15.3 Å². The van der Waals surface area contributed by atoms with Crippen LogP contribution in [0.3, 0.4) is 0 Å². The molecule has 0 saturated carbocycles. The van der Waals surface area contributed by atoms with Crippen LogP contribution in [0, 0.1) is 13.8 Å². The molecule has 0 aliphatic carbocycles. The average molecular weight is 475 g/mol. The average Bonchev–Trinajstić information content (AvgIpc) is 2.80. The van der Waals surface area contributed by atoms with E-state index in [4.69, 9.17) is 0 Å². The molecule has 0 aromatic heterocycles. The maximum atomic E-state index is 10.1. The summed E-state index contributed by atoms with van der Waals surface area (Å²) in [5, 5.41) is 29.9. The number of rotatable bonds is 5. The van der Waals surface area contributed by atoms with Crippen molar-refractivity contribution in [2.45, 2.75) is 40.9 Å². The smallest absolute Gasteiger partial charge is 0.128 e. The molecule has 0 aliphatic heterocycles. The van der Waals surface area contributed by atoms with E-state index >= 15 is 0 Å². The van der Waals surface area contributed by atoms with Gasteiger partial charge in [-0.3, -0.25) is 0 Å².